The van der Waals surface area contributed by atoms with E-state index in [1.807, 2.05) is 36.4 Å². The molecule has 3 heterocycles. The highest BCUT2D eigenvalue weighted by atomic mass is 16.5. The summed E-state index contributed by atoms with van der Waals surface area (Å²) in [6.45, 7) is 3.12. The minimum atomic E-state index is -0.291. The Bertz CT molecular complexity index is 1230. The van der Waals surface area contributed by atoms with Crippen LogP contribution in [0.25, 0.3) is 0 Å². The standard InChI is InChI=1S/C26H31N3O6/c1-32-17-20-9-8-19(35-20)16-28-11-10-21-25(23(34-3)14-24(30)29(21)13-12-28)26(31)27-15-18-6-4-5-7-22(18)33-2/h4-9,14H,10-13,15-17H2,1-3H3,(H,27,31). The number of fused-ring (bicyclic) bond motifs is 1. The monoisotopic (exact) mass is 481 g/mol. The molecule has 0 atom stereocenters. The average molecular weight is 482 g/mol. The first-order valence-electron chi connectivity index (χ1n) is 11.5. The Kier molecular flexibility index (Phi) is 7.89. The zero-order valence-electron chi connectivity index (χ0n) is 20.3. The second-order valence-corrected chi connectivity index (χ2v) is 8.35. The Hall–Kier alpha value is -3.56. The lowest BCUT2D eigenvalue weighted by molar-refractivity contribution is 0.0945. The molecular weight excluding hydrogens is 450 g/mol. The molecule has 0 saturated carbocycles. The molecule has 0 unspecified atom stereocenters. The topological polar surface area (TPSA) is 95.2 Å². The number of nitrogens with one attached hydrogen (secondary N) is 1. The van der Waals surface area contributed by atoms with Gasteiger partial charge in [0.25, 0.3) is 11.5 Å². The van der Waals surface area contributed by atoms with E-state index in [4.69, 9.17) is 18.6 Å². The van der Waals surface area contributed by atoms with Crippen molar-refractivity contribution in [3.63, 3.8) is 0 Å². The van der Waals surface area contributed by atoms with Gasteiger partial charge in [-0.2, -0.15) is 0 Å². The number of methoxy groups -OCH3 is 3. The highest BCUT2D eigenvalue weighted by Gasteiger charge is 2.25. The number of carbonyl (C=O) groups excluding carboxylic acids is 1. The summed E-state index contributed by atoms with van der Waals surface area (Å²) in [7, 11) is 4.70. The molecule has 0 aliphatic carbocycles. The van der Waals surface area contributed by atoms with Crippen LogP contribution in [0.2, 0.25) is 0 Å². The smallest absolute Gasteiger partial charge is 0.257 e. The fraction of sp³-hybridized carbons (Fsp3) is 0.385. The number of para-hydroxylation sites is 1. The highest BCUT2D eigenvalue weighted by molar-refractivity contribution is 5.98. The summed E-state index contributed by atoms with van der Waals surface area (Å²) in [5, 5.41) is 2.97. The van der Waals surface area contributed by atoms with E-state index in [1.165, 1.54) is 13.2 Å². The number of furan rings is 1. The fourth-order valence-electron chi connectivity index (χ4n) is 4.42. The number of hydrogen-bond acceptors (Lipinski definition) is 7. The number of amides is 1. The number of rotatable bonds is 9. The maximum atomic E-state index is 13.3. The zero-order valence-corrected chi connectivity index (χ0v) is 20.3. The largest absolute Gasteiger partial charge is 0.496 e. The molecular formula is C26H31N3O6. The third-order valence-electron chi connectivity index (χ3n) is 6.15. The van der Waals surface area contributed by atoms with Gasteiger partial charge < -0.3 is 28.5 Å². The Morgan fingerprint density at radius 3 is 2.54 bits per heavy atom. The van der Waals surface area contributed by atoms with Crippen LogP contribution in [0.15, 0.2) is 51.7 Å². The van der Waals surface area contributed by atoms with Crippen LogP contribution in [0.3, 0.4) is 0 Å². The Labute approximate surface area is 204 Å². The van der Waals surface area contributed by atoms with Crippen molar-refractivity contribution in [2.45, 2.75) is 32.7 Å². The normalized spacial score (nSPS) is 13.7. The van der Waals surface area contributed by atoms with Gasteiger partial charge in [0.2, 0.25) is 0 Å². The first-order valence-corrected chi connectivity index (χ1v) is 11.5. The number of carbonyl (C=O) groups is 1. The molecule has 0 fully saturated rings. The predicted molar refractivity (Wildman–Crippen MR) is 130 cm³/mol. The van der Waals surface area contributed by atoms with Crippen LogP contribution in [0.5, 0.6) is 11.5 Å². The van der Waals surface area contributed by atoms with Gasteiger partial charge in [-0.25, -0.2) is 0 Å². The summed E-state index contributed by atoms with van der Waals surface area (Å²) in [5.74, 6) is 2.30. The number of aromatic nitrogens is 1. The SMILES string of the molecule is COCc1ccc(CN2CCc3c(C(=O)NCc4ccccc4OC)c(OC)cc(=O)n3CC2)o1. The second-order valence-electron chi connectivity index (χ2n) is 8.35. The minimum Gasteiger partial charge on any atom is -0.496 e. The molecule has 1 aliphatic rings. The van der Waals surface area contributed by atoms with E-state index in [0.717, 1.165) is 17.1 Å². The number of pyridine rings is 1. The minimum absolute atomic E-state index is 0.180. The summed E-state index contributed by atoms with van der Waals surface area (Å²) in [4.78, 5) is 28.4. The van der Waals surface area contributed by atoms with E-state index < -0.39 is 0 Å². The summed E-state index contributed by atoms with van der Waals surface area (Å²) in [5.41, 5.74) is 1.75. The molecule has 2 aromatic heterocycles. The van der Waals surface area contributed by atoms with Gasteiger partial charge in [0.1, 0.15) is 35.2 Å². The van der Waals surface area contributed by atoms with Crippen molar-refractivity contribution in [3.05, 3.63) is 81.2 Å². The molecule has 4 rings (SSSR count). The molecule has 1 aliphatic heterocycles. The van der Waals surface area contributed by atoms with E-state index in [0.29, 0.717) is 62.8 Å². The molecule has 186 valence electrons. The van der Waals surface area contributed by atoms with E-state index >= 15 is 0 Å². The van der Waals surface area contributed by atoms with Crippen LogP contribution in [-0.4, -0.2) is 49.8 Å². The van der Waals surface area contributed by atoms with Crippen molar-refractivity contribution in [2.24, 2.45) is 0 Å². The van der Waals surface area contributed by atoms with Gasteiger partial charge in [0, 0.05) is 57.0 Å². The van der Waals surface area contributed by atoms with E-state index in [2.05, 4.69) is 10.2 Å². The first-order chi connectivity index (χ1) is 17.0. The summed E-state index contributed by atoms with van der Waals surface area (Å²) < 4.78 is 23.5. The van der Waals surface area contributed by atoms with Crippen molar-refractivity contribution in [3.8, 4) is 11.5 Å². The lowest BCUT2D eigenvalue weighted by atomic mass is 10.1. The Morgan fingerprint density at radius 1 is 1.00 bits per heavy atom. The molecule has 1 amide bonds. The van der Waals surface area contributed by atoms with E-state index in [1.54, 1.807) is 18.8 Å². The fourth-order valence-corrected chi connectivity index (χ4v) is 4.42. The maximum Gasteiger partial charge on any atom is 0.257 e. The van der Waals surface area contributed by atoms with Crippen molar-refractivity contribution in [2.75, 3.05) is 34.4 Å². The van der Waals surface area contributed by atoms with Gasteiger partial charge in [0.05, 0.1) is 20.8 Å². The summed E-state index contributed by atoms with van der Waals surface area (Å²) >= 11 is 0. The lowest BCUT2D eigenvalue weighted by Crippen LogP contribution is -2.31. The molecule has 3 aromatic rings. The Morgan fingerprint density at radius 2 is 1.77 bits per heavy atom. The number of benzene rings is 1. The maximum absolute atomic E-state index is 13.3. The van der Waals surface area contributed by atoms with Crippen LogP contribution in [0.1, 0.15) is 33.1 Å². The van der Waals surface area contributed by atoms with Crippen LogP contribution >= 0.6 is 0 Å². The summed E-state index contributed by atoms with van der Waals surface area (Å²) in [6, 6.07) is 12.8. The van der Waals surface area contributed by atoms with Gasteiger partial charge in [-0.15, -0.1) is 0 Å². The molecule has 0 radical (unpaired) electrons. The zero-order chi connectivity index (χ0) is 24.8. The molecule has 0 bridgehead atoms. The van der Waals surface area contributed by atoms with Crippen LogP contribution in [-0.2, 0) is 37.4 Å². The molecule has 1 N–H and O–H groups in total. The predicted octanol–water partition coefficient (Wildman–Crippen LogP) is 2.59. The van der Waals surface area contributed by atoms with Crippen LogP contribution < -0.4 is 20.3 Å². The highest BCUT2D eigenvalue weighted by Crippen LogP contribution is 2.24. The average Bonchev–Trinajstić information content (AvgIpc) is 3.20. The van der Waals surface area contributed by atoms with Gasteiger partial charge in [-0.05, 0) is 18.2 Å². The van der Waals surface area contributed by atoms with Gasteiger partial charge >= 0.3 is 0 Å². The molecule has 1 aromatic carbocycles. The third-order valence-corrected chi connectivity index (χ3v) is 6.15. The Balaban J connectivity index is 1.54. The molecule has 9 heteroatoms. The van der Waals surface area contributed by atoms with Gasteiger partial charge in [-0.1, -0.05) is 18.2 Å². The second kappa shape index (κ2) is 11.2. The van der Waals surface area contributed by atoms with E-state index in [-0.39, 0.29) is 17.2 Å². The third kappa shape index (κ3) is 5.58. The van der Waals surface area contributed by atoms with Crippen LogP contribution in [0.4, 0.5) is 0 Å². The quantitative estimate of drug-likeness (QED) is 0.502. The molecule has 0 spiro atoms. The first kappa shape index (κ1) is 24.6. The van der Waals surface area contributed by atoms with Crippen molar-refractivity contribution in [1.29, 1.82) is 0 Å². The lowest BCUT2D eigenvalue weighted by Gasteiger charge is -2.17. The summed E-state index contributed by atoms with van der Waals surface area (Å²) in [6.07, 6.45) is 0.523. The van der Waals surface area contributed by atoms with E-state index in [9.17, 15) is 9.59 Å². The van der Waals surface area contributed by atoms with Gasteiger partial charge in [0.15, 0.2) is 0 Å². The van der Waals surface area contributed by atoms with Crippen LogP contribution in [0, 0.1) is 0 Å². The number of ether oxygens (including phenoxy) is 3. The van der Waals surface area contributed by atoms with Crippen molar-refractivity contribution < 1.29 is 23.4 Å². The number of nitrogens with zero attached hydrogens (tertiary/aromatic N) is 2. The van der Waals surface area contributed by atoms with Gasteiger partial charge in [-0.3, -0.25) is 14.5 Å². The molecule has 0 saturated heterocycles. The number of hydrogen-bond donors (Lipinski definition) is 1. The molecule has 35 heavy (non-hydrogen) atoms. The van der Waals surface area contributed by atoms with Crippen molar-refractivity contribution >= 4 is 5.91 Å². The molecule has 9 nitrogen and oxygen atoms in total. The van der Waals surface area contributed by atoms with Crippen molar-refractivity contribution in [1.82, 2.24) is 14.8 Å².